The Kier molecular flexibility index (Phi) is 5.33. The molecule has 6 heteroatoms. The van der Waals surface area contributed by atoms with Gasteiger partial charge in [-0.25, -0.2) is 0 Å². The lowest BCUT2D eigenvalue weighted by atomic mass is 10.2. The van der Waals surface area contributed by atoms with E-state index in [1.54, 1.807) is 24.3 Å². The maximum absolute atomic E-state index is 12.4. The Balaban J connectivity index is 2.36. The van der Waals surface area contributed by atoms with E-state index in [0.29, 0.717) is 5.75 Å². The van der Waals surface area contributed by atoms with E-state index in [-0.39, 0.29) is 16.7 Å². The maximum Gasteiger partial charge on any atom is 0.339 e. The molecule has 0 aliphatic carbocycles. The number of hydrogen-bond acceptors (Lipinski definition) is 4. The molecule has 0 fully saturated rings. The monoisotopic (exact) mass is 432 g/mol. The predicted octanol–water partition coefficient (Wildman–Crippen LogP) is 4.15. The number of hydrogen-bond donors (Lipinski definition) is 0. The standard InChI is InChI=1S/C16H17IO4S/c1-11(2)20-15-9-6-13(17)10-16(15)21-22(18,19)14-7-4-12(3)5-8-14/h4-11H,1-3H3. The molecule has 0 spiro atoms. The van der Waals surface area contributed by atoms with Crippen LogP contribution in [-0.2, 0) is 10.1 Å². The summed E-state index contributed by atoms with van der Waals surface area (Å²) in [5.74, 6) is 0.604. The predicted molar refractivity (Wildman–Crippen MR) is 93.9 cm³/mol. The van der Waals surface area contributed by atoms with E-state index in [2.05, 4.69) is 22.6 Å². The van der Waals surface area contributed by atoms with Gasteiger partial charge >= 0.3 is 10.1 Å². The molecular formula is C16H17IO4S. The third-order valence-electron chi connectivity index (χ3n) is 2.78. The lowest BCUT2D eigenvalue weighted by Crippen LogP contribution is -2.12. The van der Waals surface area contributed by atoms with E-state index in [9.17, 15) is 8.42 Å². The second kappa shape index (κ2) is 6.87. The van der Waals surface area contributed by atoms with Crippen molar-refractivity contribution in [3.63, 3.8) is 0 Å². The zero-order valence-corrected chi connectivity index (χ0v) is 15.5. The van der Waals surface area contributed by atoms with E-state index in [0.717, 1.165) is 9.13 Å². The van der Waals surface area contributed by atoms with Crippen LogP contribution in [0.3, 0.4) is 0 Å². The molecule has 2 aromatic carbocycles. The molecule has 4 nitrogen and oxygen atoms in total. The van der Waals surface area contributed by atoms with Gasteiger partial charge in [-0.05, 0) is 73.7 Å². The Morgan fingerprint density at radius 1 is 1.00 bits per heavy atom. The van der Waals surface area contributed by atoms with Gasteiger partial charge in [0.15, 0.2) is 11.5 Å². The van der Waals surface area contributed by atoms with Crippen molar-refractivity contribution in [2.45, 2.75) is 31.8 Å². The summed E-state index contributed by atoms with van der Waals surface area (Å²) in [5.41, 5.74) is 0.983. The summed E-state index contributed by atoms with van der Waals surface area (Å²) < 4.78 is 36.5. The number of aryl methyl sites for hydroxylation is 1. The quantitative estimate of drug-likeness (QED) is 0.526. The maximum atomic E-state index is 12.4. The van der Waals surface area contributed by atoms with Gasteiger partial charge in [-0.1, -0.05) is 17.7 Å². The van der Waals surface area contributed by atoms with Crippen LogP contribution in [0.4, 0.5) is 0 Å². The van der Waals surface area contributed by atoms with Gasteiger partial charge in [0.25, 0.3) is 0 Å². The number of rotatable bonds is 5. The third-order valence-corrected chi connectivity index (χ3v) is 4.70. The summed E-state index contributed by atoms with van der Waals surface area (Å²) in [5, 5.41) is 0. The molecule has 0 saturated heterocycles. The smallest absolute Gasteiger partial charge is 0.339 e. The fourth-order valence-electron chi connectivity index (χ4n) is 1.77. The second-order valence-electron chi connectivity index (χ2n) is 5.11. The summed E-state index contributed by atoms with van der Waals surface area (Å²) >= 11 is 2.10. The van der Waals surface area contributed by atoms with Crippen molar-refractivity contribution in [1.29, 1.82) is 0 Å². The lowest BCUT2D eigenvalue weighted by Gasteiger charge is -2.15. The molecule has 0 saturated carbocycles. The first-order chi connectivity index (χ1) is 10.3. The largest absolute Gasteiger partial charge is 0.487 e. The molecule has 0 aliphatic heterocycles. The Bertz CT molecular complexity index is 752. The molecule has 22 heavy (non-hydrogen) atoms. The first-order valence-corrected chi connectivity index (χ1v) is 9.24. The fourth-order valence-corrected chi connectivity index (χ4v) is 3.16. The fraction of sp³-hybridized carbons (Fsp3) is 0.250. The Hall–Kier alpha value is -1.28. The first kappa shape index (κ1) is 17.1. The molecule has 2 rings (SSSR count). The van der Waals surface area contributed by atoms with Crippen LogP contribution in [-0.4, -0.2) is 14.5 Å². The van der Waals surface area contributed by atoms with Gasteiger partial charge in [-0.15, -0.1) is 0 Å². The Morgan fingerprint density at radius 2 is 1.64 bits per heavy atom. The highest BCUT2D eigenvalue weighted by molar-refractivity contribution is 14.1. The number of halogens is 1. The van der Waals surface area contributed by atoms with E-state index in [1.165, 1.54) is 12.1 Å². The third kappa shape index (κ3) is 4.36. The molecular weight excluding hydrogens is 415 g/mol. The topological polar surface area (TPSA) is 52.6 Å². The van der Waals surface area contributed by atoms with Gasteiger partial charge < -0.3 is 8.92 Å². The van der Waals surface area contributed by atoms with Crippen LogP contribution in [0, 0.1) is 10.5 Å². The van der Waals surface area contributed by atoms with Gasteiger partial charge in [-0.3, -0.25) is 0 Å². The van der Waals surface area contributed by atoms with Gasteiger partial charge in [0.2, 0.25) is 0 Å². The van der Waals surface area contributed by atoms with Crippen molar-refractivity contribution in [2.75, 3.05) is 0 Å². The molecule has 0 heterocycles. The summed E-state index contributed by atoms with van der Waals surface area (Å²) in [7, 11) is -3.89. The van der Waals surface area contributed by atoms with Crippen LogP contribution in [0.1, 0.15) is 19.4 Å². The van der Waals surface area contributed by atoms with Crippen molar-refractivity contribution >= 4 is 32.7 Å². The molecule has 2 aromatic rings. The van der Waals surface area contributed by atoms with Gasteiger partial charge in [0, 0.05) is 3.57 Å². The molecule has 0 atom stereocenters. The van der Waals surface area contributed by atoms with Crippen molar-refractivity contribution in [1.82, 2.24) is 0 Å². The van der Waals surface area contributed by atoms with Crippen molar-refractivity contribution in [3.8, 4) is 11.5 Å². The average molecular weight is 432 g/mol. The zero-order chi connectivity index (χ0) is 16.3. The highest BCUT2D eigenvalue weighted by Crippen LogP contribution is 2.32. The first-order valence-electron chi connectivity index (χ1n) is 6.75. The highest BCUT2D eigenvalue weighted by Gasteiger charge is 2.19. The molecule has 0 unspecified atom stereocenters. The SMILES string of the molecule is Cc1ccc(S(=O)(=O)Oc2cc(I)ccc2OC(C)C)cc1. The average Bonchev–Trinajstić information content (AvgIpc) is 2.41. The van der Waals surface area contributed by atoms with Crippen molar-refractivity contribution in [2.24, 2.45) is 0 Å². The lowest BCUT2D eigenvalue weighted by molar-refractivity contribution is 0.236. The molecule has 0 bridgehead atoms. The number of ether oxygens (including phenoxy) is 1. The van der Waals surface area contributed by atoms with E-state index in [1.807, 2.05) is 26.8 Å². The second-order valence-corrected chi connectivity index (χ2v) is 7.90. The molecule has 0 aliphatic rings. The van der Waals surface area contributed by atoms with Gasteiger partial charge in [0.05, 0.1) is 6.10 Å². The van der Waals surface area contributed by atoms with Gasteiger partial charge in [-0.2, -0.15) is 8.42 Å². The summed E-state index contributed by atoms with van der Waals surface area (Å²) in [6, 6.07) is 11.7. The minimum absolute atomic E-state index is 0.0792. The zero-order valence-electron chi connectivity index (χ0n) is 12.5. The van der Waals surface area contributed by atoms with Crippen LogP contribution >= 0.6 is 22.6 Å². The van der Waals surface area contributed by atoms with E-state index >= 15 is 0 Å². The summed E-state index contributed by atoms with van der Waals surface area (Å²) in [4.78, 5) is 0.118. The van der Waals surface area contributed by atoms with Crippen molar-refractivity contribution in [3.05, 3.63) is 51.6 Å². The Labute approximate surface area is 144 Å². The Morgan fingerprint density at radius 3 is 2.23 bits per heavy atom. The van der Waals surface area contributed by atoms with Crippen molar-refractivity contribution < 1.29 is 17.3 Å². The van der Waals surface area contributed by atoms with Crippen LogP contribution in [0.5, 0.6) is 11.5 Å². The number of benzene rings is 2. The minimum Gasteiger partial charge on any atom is -0.487 e. The molecule has 0 radical (unpaired) electrons. The molecule has 0 amide bonds. The molecule has 0 N–H and O–H groups in total. The van der Waals surface area contributed by atoms with Crippen LogP contribution < -0.4 is 8.92 Å². The van der Waals surface area contributed by atoms with E-state index < -0.39 is 10.1 Å². The van der Waals surface area contributed by atoms with Crippen LogP contribution in [0.2, 0.25) is 0 Å². The minimum atomic E-state index is -3.89. The van der Waals surface area contributed by atoms with Gasteiger partial charge in [0.1, 0.15) is 4.90 Å². The summed E-state index contributed by atoms with van der Waals surface area (Å²) in [6.07, 6.45) is -0.0792. The normalized spacial score (nSPS) is 11.5. The van der Waals surface area contributed by atoms with Crippen LogP contribution in [0.25, 0.3) is 0 Å². The van der Waals surface area contributed by atoms with Crippen LogP contribution in [0.15, 0.2) is 47.4 Å². The summed E-state index contributed by atoms with van der Waals surface area (Å²) in [6.45, 7) is 5.64. The highest BCUT2D eigenvalue weighted by atomic mass is 127. The molecule has 118 valence electrons. The molecule has 0 aromatic heterocycles. The van der Waals surface area contributed by atoms with E-state index in [4.69, 9.17) is 8.92 Å².